The second-order valence-electron chi connectivity index (χ2n) is 6.44. The Balaban J connectivity index is 1.62. The van der Waals surface area contributed by atoms with E-state index in [1.54, 1.807) is 11.7 Å². The number of carboxylic acid groups (broad SMARTS) is 1. The van der Waals surface area contributed by atoms with Crippen LogP contribution in [0.1, 0.15) is 48.7 Å². The summed E-state index contributed by atoms with van der Waals surface area (Å²) in [6, 6.07) is 0.446. The van der Waals surface area contributed by atoms with Gasteiger partial charge in [-0.05, 0) is 43.9 Å². The van der Waals surface area contributed by atoms with Crippen LogP contribution in [0.4, 0.5) is 0 Å². The van der Waals surface area contributed by atoms with E-state index in [1.807, 2.05) is 0 Å². The largest absolute Gasteiger partial charge is 0.478 e. The third-order valence-electron chi connectivity index (χ3n) is 5.32. The second-order valence-corrected chi connectivity index (χ2v) is 6.44. The predicted molar refractivity (Wildman–Crippen MR) is 75.4 cm³/mol. The van der Waals surface area contributed by atoms with Gasteiger partial charge in [-0.3, -0.25) is 4.68 Å². The van der Waals surface area contributed by atoms with Crippen LogP contribution in [0.3, 0.4) is 0 Å². The van der Waals surface area contributed by atoms with Crippen molar-refractivity contribution in [2.75, 3.05) is 0 Å². The number of hydrogen-bond acceptors (Lipinski definition) is 3. The van der Waals surface area contributed by atoms with Crippen LogP contribution in [0.25, 0.3) is 0 Å². The predicted octanol–water partition coefficient (Wildman–Crippen LogP) is 2.03. The van der Waals surface area contributed by atoms with E-state index in [0.717, 1.165) is 23.4 Å². The molecular formula is C15H23N3O2. The lowest BCUT2D eigenvalue weighted by molar-refractivity contribution is 0.0695. The van der Waals surface area contributed by atoms with E-state index in [-0.39, 0.29) is 0 Å². The zero-order chi connectivity index (χ0) is 14.3. The summed E-state index contributed by atoms with van der Waals surface area (Å²) in [5.74, 6) is 1.69. The molecule has 1 aromatic heterocycles. The minimum absolute atomic E-state index is 0.306. The Morgan fingerprint density at radius 1 is 1.55 bits per heavy atom. The van der Waals surface area contributed by atoms with Gasteiger partial charge in [0.25, 0.3) is 0 Å². The van der Waals surface area contributed by atoms with E-state index in [1.165, 1.54) is 31.9 Å². The third kappa shape index (κ3) is 2.35. The van der Waals surface area contributed by atoms with Crippen molar-refractivity contribution in [3.63, 3.8) is 0 Å². The van der Waals surface area contributed by atoms with E-state index in [0.29, 0.717) is 18.2 Å². The first-order valence-electron chi connectivity index (χ1n) is 7.53. The smallest absolute Gasteiger partial charge is 0.339 e. The van der Waals surface area contributed by atoms with Crippen LogP contribution in [-0.2, 0) is 13.6 Å². The molecule has 5 nitrogen and oxygen atoms in total. The molecule has 0 amide bonds. The Kier molecular flexibility index (Phi) is 3.54. The molecule has 2 aliphatic carbocycles. The Hall–Kier alpha value is -1.36. The van der Waals surface area contributed by atoms with Crippen LogP contribution >= 0.6 is 0 Å². The zero-order valence-corrected chi connectivity index (χ0v) is 12.2. The highest BCUT2D eigenvalue weighted by Crippen LogP contribution is 2.49. The number of aromatic carboxylic acids is 1. The Bertz CT molecular complexity index is 511. The van der Waals surface area contributed by atoms with Gasteiger partial charge in [0.05, 0.1) is 11.9 Å². The quantitative estimate of drug-likeness (QED) is 0.864. The SMILES string of the molecule is CC(NCc1c(C(=O)O)cnn1C)C1CC2CCC1C2. The maximum atomic E-state index is 11.2. The van der Waals surface area contributed by atoms with Gasteiger partial charge in [0.1, 0.15) is 5.56 Å². The van der Waals surface area contributed by atoms with E-state index in [2.05, 4.69) is 17.3 Å². The molecule has 3 rings (SSSR count). The summed E-state index contributed by atoms with van der Waals surface area (Å²) in [7, 11) is 1.80. The number of hydrogen-bond donors (Lipinski definition) is 2. The molecule has 2 aliphatic rings. The maximum absolute atomic E-state index is 11.2. The van der Waals surface area contributed by atoms with Gasteiger partial charge in [-0.25, -0.2) is 4.79 Å². The Morgan fingerprint density at radius 2 is 2.35 bits per heavy atom. The fraction of sp³-hybridized carbons (Fsp3) is 0.733. The van der Waals surface area contributed by atoms with E-state index in [4.69, 9.17) is 5.11 Å². The van der Waals surface area contributed by atoms with Crippen molar-refractivity contribution in [3.8, 4) is 0 Å². The zero-order valence-electron chi connectivity index (χ0n) is 12.2. The molecule has 2 bridgehead atoms. The number of fused-ring (bicyclic) bond motifs is 2. The van der Waals surface area contributed by atoms with Gasteiger partial charge in [-0.1, -0.05) is 6.42 Å². The van der Waals surface area contributed by atoms with Gasteiger partial charge in [-0.15, -0.1) is 0 Å². The van der Waals surface area contributed by atoms with Gasteiger partial charge >= 0.3 is 5.97 Å². The second kappa shape index (κ2) is 5.20. The number of aryl methyl sites for hydroxylation is 1. The molecule has 0 aromatic carbocycles. The number of nitrogens with one attached hydrogen (secondary N) is 1. The van der Waals surface area contributed by atoms with Crippen LogP contribution in [0.5, 0.6) is 0 Å². The van der Waals surface area contributed by atoms with Gasteiger partial charge in [0, 0.05) is 19.6 Å². The molecular weight excluding hydrogens is 254 g/mol. The van der Waals surface area contributed by atoms with Gasteiger partial charge in [0.15, 0.2) is 0 Å². The lowest BCUT2D eigenvalue weighted by atomic mass is 9.84. The summed E-state index contributed by atoms with van der Waals surface area (Å²) in [6.07, 6.45) is 6.98. The van der Waals surface area contributed by atoms with Crippen LogP contribution in [0, 0.1) is 17.8 Å². The Labute approximate surface area is 119 Å². The first-order valence-corrected chi connectivity index (χ1v) is 7.53. The summed E-state index contributed by atoms with van der Waals surface area (Å²) in [5, 5.41) is 16.7. The molecule has 110 valence electrons. The summed E-state index contributed by atoms with van der Waals surface area (Å²) >= 11 is 0. The van der Waals surface area contributed by atoms with Crippen molar-refractivity contribution < 1.29 is 9.90 Å². The summed E-state index contributed by atoms with van der Waals surface area (Å²) in [6.45, 7) is 2.81. The van der Waals surface area contributed by atoms with Crippen molar-refractivity contribution in [1.29, 1.82) is 0 Å². The number of rotatable bonds is 5. The molecule has 1 aromatic rings. The molecule has 0 aliphatic heterocycles. The van der Waals surface area contributed by atoms with E-state index >= 15 is 0 Å². The molecule has 0 saturated heterocycles. The molecule has 0 radical (unpaired) electrons. The highest BCUT2D eigenvalue weighted by Gasteiger charge is 2.41. The standard InChI is InChI=1S/C15H23N3O2/c1-9(12-6-10-3-4-11(12)5-10)16-8-14-13(15(19)20)7-17-18(14)2/h7,9-12,16H,3-6,8H2,1-2H3,(H,19,20). The first-order chi connectivity index (χ1) is 9.56. The van der Waals surface area contributed by atoms with Crippen LogP contribution in [-0.4, -0.2) is 26.9 Å². The molecule has 2 N–H and O–H groups in total. The number of aromatic nitrogens is 2. The van der Waals surface area contributed by atoms with Crippen molar-refractivity contribution >= 4 is 5.97 Å². The fourth-order valence-electron chi connectivity index (χ4n) is 4.17. The van der Waals surface area contributed by atoms with Gasteiger partial charge in [0.2, 0.25) is 0 Å². The van der Waals surface area contributed by atoms with E-state index in [9.17, 15) is 4.79 Å². The molecule has 4 unspecified atom stereocenters. The number of carbonyl (C=O) groups is 1. The van der Waals surface area contributed by atoms with Gasteiger partial charge in [-0.2, -0.15) is 5.10 Å². The molecule has 5 heteroatoms. The average Bonchev–Trinajstić information content (AvgIpc) is 3.10. The van der Waals surface area contributed by atoms with Crippen molar-refractivity contribution in [1.82, 2.24) is 15.1 Å². The molecule has 4 atom stereocenters. The topological polar surface area (TPSA) is 67.2 Å². The normalized spacial score (nSPS) is 29.8. The summed E-state index contributed by atoms with van der Waals surface area (Å²) in [5.41, 5.74) is 1.06. The van der Waals surface area contributed by atoms with Crippen molar-refractivity contribution in [2.24, 2.45) is 24.8 Å². The molecule has 0 spiro atoms. The number of nitrogens with zero attached hydrogens (tertiary/aromatic N) is 2. The van der Waals surface area contributed by atoms with E-state index < -0.39 is 5.97 Å². The van der Waals surface area contributed by atoms with Crippen LogP contribution in [0.2, 0.25) is 0 Å². The third-order valence-corrected chi connectivity index (χ3v) is 5.32. The van der Waals surface area contributed by atoms with Crippen LogP contribution in [0.15, 0.2) is 6.20 Å². The highest BCUT2D eigenvalue weighted by molar-refractivity contribution is 5.88. The summed E-state index contributed by atoms with van der Waals surface area (Å²) in [4.78, 5) is 11.2. The van der Waals surface area contributed by atoms with Crippen molar-refractivity contribution in [3.05, 3.63) is 17.5 Å². The maximum Gasteiger partial charge on any atom is 0.339 e. The first kappa shape index (κ1) is 13.6. The van der Waals surface area contributed by atoms with Crippen LogP contribution < -0.4 is 5.32 Å². The molecule has 20 heavy (non-hydrogen) atoms. The highest BCUT2D eigenvalue weighted by atomic mass is 16.4. The summed E-state index contributed by atoms with van der Waals surface area (Å²) < 4.78 is 1.66. The molecule has 2 fully saturated rings. The average molecular weight is 277 g/mol. The number of carboxylic acids is 1. The van der Waals surface area contributed by atoms with Crippen molar-refractivity contribution in [2.45, 2.75) is 45.2 Å². The monoisotopic (exact) mass is 277 g/mol. The van der Waals surface area contributed by atoms with Gasteiger partial charge < -0.3 is 10.4 Å². The molecule has 2 saturated carbocycles. The minimum Gasteiger partial charge on any atom is -0.478 e. The Morgan fingerprint density at radius 3 is 2.95 bits per heavy atom. The molecule has 1 heterocycles. The minimum atomic E-state index is -0.900. The lowest BCUT2D eigenvalue weighted by Crippen LogP contribution is -2.36. The lowest BCUT2D eigenvalue weighted by Gasteiger charge is -2.28. The fourth-order valence-corrected chi connectivity index (χ4v) is 4.17.